The highest BCUT2D eigenvalue weighted by molar-refractivity contribution is 7.21. The molecule has 9 rings (SSSR count). The summed E-state index contributed by atoms with van der Waals surface area (Å²) < 4.78 is 9.63. The average Bonchev–Trinajstić information content (AvgIpc) is 3.73. The molecule has 9 aromatic rings. The average molecular weight is 543 g/mol. The largest absolute Gasteiger partial charge is 0.456 e. The number of rotatable bonds is 3. The molecule has 3 aromatic heterocycles. The first-order chi connectivity index (χ1) is 20.3. The topological polar surface area (TPSA) is 31.0 Å². The molecule has 0 aliphatic heterocycles. The van der Waals surface area contributed by atoms with Gasteiger partial charge in [-0.3, -0.25) is 0 Å². The van der Waals surface area contributed by atoms with E-state index < -0.39 is 0 Å². The van der Waals surface area contributed by atoms with Crippen LogP contribution in [0.4, 0.5) is 0 Å². The smallest absolute Gasteiger partial charge is 0.137 e. The lowest BCUT2D eigenvalue weighted by Gasteiger charge is -2.09. The normalized spacial score (nSPS) is 11.9. The summed E-state index contributed by atoms with van der Waals surface area (Å²) >= 11 is 1.73. The zero-order valence-electron chi connectivity index (χ0n) is 21.9. The fourth-order valence-corrected chi connectivity index (χ4v) is 7.12. The van der Waals surface area contributed by atoms with Gasteiger partial charge in [-0.1, -0.05) is 72.8 Å². The number of thiazole rings is 1. The second kappa shape index (κ2) is 8.65. The molecular formula is C37H22N2OS. The van der Waals surface area contributed by atoms with E-state index >= 15 is 0 Å². The summed E-state index contributed by atoms with van der Waals surface area (Å²) in [7, 11) is 0. The van der Waals surface area contributed by atoms with Crippen molar-refractivity contribution in [3.8, 4) is 27.4 Å². The fourth-order valence-electron chi connectivity index (χ4n) is 6.14. The number of hydrogen-bond donors (Lipinski definition) is 0. The molecule has 0 N–H and O–H groups in total. The minimum atomic E-state index is 0.882. The summed E-state index contributed by atoms with van der Waals surface area (Å²) in [6, 6.07) is 47.2. The van der Waals surface area contributed by atoms with Crippen molar-refractivity contribution >= 4 is 65.3 Å². The van der Waals surface area contributed by atoms with Gasteiger partial charge < -0.3 is 8.98 Å². The van der Waals surface area contributed by atoms with Crippen LogP contribution in [0.1, 0.15) is 0 Å². The van der Waals surface area contributed by atoms with Gasteiger partial charge in [0.15, 0.2) is 0 Å². The first-order valence-electron chi connectivity index (χ1n) is 13.7. The molecule has 0 saturated heterocycles. The van der Waals surface area contributed by atoms with Gasteiger partial charge in [-0.15, -0.1) is 11.3 Å². The summed E-state index contributed by atoms with van der Waals surface area (Å²) in [6.07, 6.45) is 0. The first-order valence-corrected chi connectivity index (χ1v) is 14.5. The summed E-state index contributed by atoms with van der Waals surface area (Å²) in [4.78, 5) is 5.12. The molecule has 0 aliphatic rings. The van der Waals surface area contributed by atoms with Crippen LogP contribution in [0.5, 0.6) is 0 Å². The Kier molecular flexibility index (Phi) is 4.77. The highest BCUT2D eigenvalue weighted by atomic mass is 32.1. The van der Waals surface area contributed by atoms with Crippen molar-refractivity contribution in [2.24, 2.45) is 0 Å². The van der Waals surface area contributed by atoms with Gasteiger partial charge in [0.05, 0.1) is 26.6 Å². The van der Waals surface area contributed by atoms with E-state index in [2.05, 4.69) is 126 Å². The molecular weight excluding hydrogens is 520 g/mol. The second-order valence-electron chi connectivity index (χ2n) is 10.4. The number of para-hydroxylation sites is 2. The highest BCUT2D eigenvalue weighted by Crippen LogP contribution is 2.40. The molecule has 3 heterocycles. The van der Waals surface area contributed by atoms with Crippen molar-refractivity contribution < 1.29 is 4.42 Å². The quantitative estimate of drug-likeness (QED) is 0.222. The Hall–Kier alpha value is -5.19. The number of hydrogen-bond acceptors (Lipinski definition) is 3. The predicted octanol–water partition coefficient (Wildman–Crippen LogP) is 10.6. The molecule has 0 unspecified atom stereocenters. The van der Waals surface area contributed by atoms with Crippen LogP contribution in [-0.4, -0.2) is 9.55 Å². The van der Waals surface area contributed by atoms with Crippen molar-refractivity contribution in [3.63, 3.8) is 0 Å². The van der Waals surface area contributed by atoms with Crippen LogP contribution < -0.4 is 0 Å². The third kappa shape index (κ3) is 3.41. The molecule has 0 atom stereocenters. The Morgan fingerprint density at radius 1 is 0.537 bits per heavy atom. The van der Waals surface area contributed by atoms with Gasteiger partial charge in [-0.25, -0.2) is 4.98 Å². The Morgan fingerprint density at radius 3 is 2.15 bits per heavy atom. The predicted molar refractivity (Wildman–Crippen MR) is 172 cm³/mol. The number of furan rings is 1. The third-order valence-corrected chi connectivity index (χ3v) is 9.12. The van der Waals surface area contributed by atoms with E-state index in [4.69, 9.17) is 9.40 Å². The van der Waals surface area contributed by atoms with Crippen LogP contribution in [0.3, 0.4) is 0 Å². The van der Waals surface area contributed by atoms with E-state index in [0.717, 1.165) is 43.7 Å². The molecule has 0 amide bonds. The van der Waals surface area contributed by atoms with Crippen LogP contribution in [-0.2, 0) is 0 Å². The lowest BCUT2D eigenvalue weighted by Crippen LogP contribution is -1.93. The Labute approximate surface area is 239 Å². The molecule has 4 heteroatoms. The fraction of sp³-hybridized carbons (Fsp3) is 0. The van der Waals surface area contributed by atoms with Crippen molar-refractivity contribution in [1.82, 2.24) is 9.55 Å². The minimum absolute atomic E-state index is 0.882. The van der Waals surface area contributed by atoms with Crippen molar-refractivity contribution in [3.05, 3.63) is 133 Å². The van der Waals surface area contributed by atoms with Crippen LogP contribution in [0.25, 0.3) is 81.3 Å². The molecule has 3 nitrogen and oxygen atoms in total. The molecule has 41 heavy (non-hydrogen) atoms. The van der Waals surface area contributed by atoms with E-state index in [-0.39, 0.29) is 0 Å². The number of fused-ring (bicyclic) bond motifs is 8. The molecule has 0 radical (unpaired) electrons. The molecule has 192 valence electrons. The lowest BCUT2D eigenvalue weighted by atomic mass is 10.0. The maximum Gasteiger partial charge on any atom is 0.137 e. The Balaban J connectivity index is 1.17. The van der Waals surface area contributed by atoms with Crippen LogP contribution in [0, 0.1) is 0 Å². The van der Waals surface area contributed by atoms with Gasteiger partial charge in [-0.2, -0.15) is 0 Å². The van der Waals surface area contributed by atoms with Crippen LogP contribution >= 0.6 is 11.3 Å². The Morgan fingerprint density at radius 2 is 1.27 bits per heavy atom. The van der Waals surface area contributed by atoms with Crippen LogP contribution in [0.15, 0.2) is 138 Å². The zero-order valence-corrected chi connectivity index (χ0v) is 22.7. The van der Waals surface area contributed by atoms with Gasteiger partial charge in [0.1, 0.15) is 16.2 Å². The van der Waals surface area contributed by atoms with E-state index in [0.29, 0.717) is 0 Å². The van der Waals surface area contributed by atoms with E-state index in [1.807, 2.05) is 12.1 Å². The van der Waals surface area contributed by atoms with E-state index in [1.165, 1.54) is 37.6 Å². The summed E-state index contributed by atoms with van der Waals surface area (Å²) in [5, 5.41) is 5.74. The van der Waals surface area contributed by atoms with Gasteiger partial charge >= 0.3 is 0 Å². The minimum Gasteiger partial charge on any atom is -0.456 e. The Bertz CT molecular complexity index is 2410. The summed E-state index contributed by atoms with van der Waals surface area (Å²) in [5.41, 5.74) is 9.90. The van der Waals surface area contributed by atoms with Gasteiger partial charge in [-0.05, 0) is 71.8 Å². The molecule has 0 spiro atoms. The zero-order chi connectivity index (χ0) is 26.9. The second-order valence-corrected chi connectivity index (χ2v) is 11.4. The monoisotopic (exact) mass is 542 g/mol. The maximum absolute atomic E-state index is 6.10. The lowest BCUT2D eigenvalue weighted by molar-refractivity contribution is 0.669. The number of aromatic nitrogens is 2. The van der Waals surface area contributed by atoms with Crippen molar-refractivity contribution in [2.75, 3.05) is 0 Å². The molecule has 0 bridgehead atoms. The molecule has 0 saturated carbocycles. The van der Waals surface area contributed by atoms with Gasteiger partial charge in [0.2, 0.25) is 0 Å². The van der Waals surface area contributed by atoms with Gasteiger partial charge in [0.25, 0.3) is 0 Å². The standard InChI is InChI=1S/C37H22N2OS/c1-2-8-23(9-3-1)25-16-19-31-29(22-25)27-10-4-6-12-30(27)39(31)26-17-14-24(15-18-26)37-38-36-34(41-37)21-20-33-35(36)28-11-5-7-13-32(28)40-33/h1-22H. The molecule has 0 aliphatic carbocycles. The SMILES string of the molecule is c1ccc(-c2ccc3c(c2)c2ccccc2n3-c2ccc(-c3nc4c(ccc5oc6ccccc6c54)s3)cc2)cc1. The summed E-state index contributed by atoms with van der Waals surface area (Å²) in [6.45, 7) is 0. The molecule has 6 aromatic carbocycles. The van der Waals surface area contributed by atoms with E-state index in [9.17, 15) is 0 Å². The third-order valence-electron chi connectivity index (χ3n) is 8.05. The maximum atomic E-state index is 6.10. The highest BCUT2D eigenvalue weighted by Gasteiger charge is 2.16. The first kappa shape index (κ1) is 22.6. The van der Waals surface area contributed by atoms with Crippen molar-refractivity contribution in [2.45, 2.75) is 0 Å². The number of benzene rings is 6. The van der Waals surface area contributed by atoms with Gasteiger partial charge in [0, 0.05) is 27.4 Å². The molecule has 0 fully saturated rings. The van der Waals surface area contributed by atoms with E-state index in [1.54, 1.807) is 11.3 Å². The van der Waals surface area contributed by atoms with Crippen molar-refractivity contribution in [1.29, 1.82) is 0 Å². The summed E-state index contributed by atoms with van der Waals surface area (Å²) in [5.74, 6) is 0. The number of nitrogens with zero attached hydrogens (tertiary/aromatic N) is 2. The van der Waals surface area contributed by atoms with Crippen LogP contribution in [0.2, 0.25) is 0 Å².